The first-order valence-corrected chi connectivity index (χ1v) is 12.6. The monoisotopic (exact) mass is 467 g/mol. The van der Waals surface area contributed by atoms with E-state index in [1.54, 1.807) is 11.3 Å². The first kappa shape index (κ1) is 21.0. The summed E-state index contributed by atoms with van der Waals surface area (Å²) < 4.78 is 14.3. The van der Waals surface area contributed by atoms with Crippen LogP contribution in [0.5, 0.6) is 11.5 Å². The lowest BCUT2D eigenvalue weighted by molar-refractivity contribution is -0.152. The average Bonchev–Trinajstić information content (AvgIpc) is 3.54. The average molecular weight is 468 g/mol. The number of hydrogen-bond donors (Lipinski definition) is 2. The molecule has 0 saturated heterocycles. The lowest BCUT2D eigenvalue weighted by Gasteiger charge is -2.47. The zero-order valence-corrected chi connectivity index (χ0v) is 19.6. The van der Waals surface area contributed by atoms with Crippen LogP contribution in [0.3, 0.4) is 0 Å². The number of carbonyl (C=O) groups is 1. The number of carbonyl (C=O) groups excluding carboxylic acids is 1. The van der Waals surface area contributed by atoms with E-state index in [9.17, 15) is 9.90 Å². The molecule has 3 aliphatic rings. The number of aromatic nitrogens is 1. The van der Waals surface area contributed by atoms with Gasteiger partial charge in [0.05, 0.1) is 22.5 Å². The zero-order valence-electron chi connectivity index (χ0n) is 18.8. The van der Waals surface area contributed by atoms with Gasteiger partial charge in [-0.25, -0.2) is 0 Å². The molecule has 3 aromatic rings. The number of aliphatic hydroxyl groups excluding tert-OH is 1. The van der Waals surface area contributed by atoms with Crippen molar-refractivity contribution in [1.82, 2.24) is 14.8 Å². The molecule has 1 saturated carbocycles. The molecule has 4 heterocycles. The molecule has 0 spiro atoms. The number of benzene rings is 1. The van der Waals surface area contributed by atoms with E-state index >= 15 is 0 Å². The van der Waals surface area contributed by atoms with Gasteiger partial charge in [-0.15, -0.1) is 11.3 Å². The molecular weight excluding hydrogens is 438 g/mol. The number of nitrogens with zero attached hydrogens (tertiary/aromatic N) is 2. The van der Waals surface area contributed by atoms with Crippen LogP contribution in [0.1, 0.15) is 56.5 Å². The maximum Gasteiger partial charge on any atom is 0.242 e. The van der Waals surface area contributed by atoms with Crippen molar-refractivity contribution < 1.29 is 19.4 Å². The van der Waals surface area contributed by atoms with Crippen molar-refractivity contribution in [3.8, 4) is 11.5 Å². The van der Waals surface area contributed by atoms with Gasteiger partial charge in [-0.05, 0) is 55.0 Å². The Bertz CT molecular complexity index is 1200. The number of hydrogen-bond acceptors (Lipinski definition) is 6. The van der Waals surface area contributed by atoms with Crippen LogP contribution < -0.4 is 14.8 Å². The number of rotatable bonds is 4. The first-order valence-electron chi connectivity index (χ1n) is 11.7. The minimum absolute atomic E-state index is 0.0167. The van der Waals surface area contributed by atoms with Gasteiger partial charge in [-0.2, -0.15) is 0 Å². The second-order valence-electron chi connectivity index (χ2n) is 9.60. The molecule has 1 aliphatic carbocycles. The normalized spacial score (nSPS) is 25.3. The number of aliphatic hydroxyl groups is 1. The molecule has 2 unspecified atom stereocenters. The van der Waals surface area contributed by atoms with Gasteiger partial charge in [0.15, 0.2) is 11.5 Å². The van der Waals surface area contributed by atoms with Gasteiger partial charge in [-0.3, -0.25) is 9.69 Å². The van der Waals surface area contributed by atoms with E-state index in [-0.39, 0.29) is 18.7 Å². The van der Waals surface area contributed by atoms with Crippen LogP contribution in [0.15, 0.2) is 35.7 Å². The molecule has 2 N–H and O–H groups in total. The highest BCUT2D eigenvalue weighted by molar-refractivity contribution is 7.17. The molecule has 2 atom stereocenters. The molecule has 2 aliphatic heterocycles. The molecule has 1 aromatic carbocycles. The molecule has 0 bridgehead atoms. The summed E-state index contributed by atoms with van der Waals surface area (Å²) in [5.74, 6) is 1.41. The highest BCUT2D eigenvalue weighted by Gasteiger charge is 2.48. The summed E-state index contributed by atoms with van der Waals surface area (Å²) in [5, 5.41) is 16.9. The predicted molar refractivity (Wildman–Crippen MR) is 126 cm³/mol. The molecule has 6 rings (SSSR count). The van der Waals surface area contributed by atoms with E-state index in [2.05, 4.69) is 27.4 Å². The van der Waals surface area contributed by atoms with Crippen LogP contribution in [0, 0.1) is 0 Å². The predicted octanol–water partition coefficient (Wildman–Crippen LogP) is 4.15. The van der Waals surface area contributed by atoms with Crippen molar-refractivity contribution in [3.05, 3.63) is 47.0 Å². The fourth-order valence-electron chi connectivity index (χ4n) is 5.50. The third kappa shape index (κ3) is 3.52. The highest BCUT2D eigenvalue weighted by Crippen LogP contribution is 2.41. The second kappa shape index (κ2) is 8.04. The van der Waals surface area contributed by atoms with E-state index in [0.29, 0.717) is 18.8 Å². The van der Waals surface area contributed by atoms with Crippen molar-refractivity contribution in [2.75, 3.05) is 6.79 Å². The Morgan fingerprint density at radius 2 is 2.00 bits per heavy atom. The van der Waals surface area contributed by atoms with Crippen molar-refractivity contribution in [1.29, 1.82) is 0 Å². The summed E-state index contributed by atoms with van der Waals surface area (Å²) in [4.78, 5) is 15.7. The largest absolute Gasteiger partial charge is 0.454 e. The fourth-order valence-corrected chi connectivity index (χ4v) is 6.33. The second-order valence-corrected chi connectivity index (χ2v) is 10.5. The maximum atomic E-state index is 13.8. The molecule has 33 heavy (non-hydrogen) atoms. The van der Waals surface area contributed by atoms with Crippen LogP contribution in [-0.2, 0) is 17.9 Å². The van der Waals surface area contributed by atoms with E-state index in [1.165, 1.54) is 6.42 Å². The lowest BCUT2D eigenvalue weighted by Crippen LogP contribution is -2.63. The number of fused-ring (bicyclic) bond motifs is 4. The summed E-state index contributed by atoms with van der Waals surface area (Å²) in [7, 11) is 0. The van der Waals surface area contributed by atoms with Gasteiger partial charge in [-0.1, -0.05) is 25.3 Å². The van der Waals surface area contributed by atoms with Crippen LogP contribution in [0.25, 0.3) is 10.2 Å². The van der Waals surface area contributed by atoms with Gasteiger partial charge in [0, 0.05) is 12.6 Å². The Kier molecular flexibility index (Phi) is 5.12. The minimum Gasteiger partial charge on any atom is -0.454 e. The topological polar surface area (TPSA) is 76.0 Å². The van der Waals surface area contributed by atoms with Crippen molar-refractivity contribution in [2.24, 2.45) is 0 Å². The fraction of sp³-hybridized carbons (Fsp3) is 0.480. The SMILES string of the molecule is CC1(C(=O)NC2CCCCC2)Cn2c(cc3sccc32)C(O)N1Cc1ccc2c(c1)OCO2. The van der Waals surface area contributed by atoms with Crippen LogP contribution >= 0.6 is 11.3 Å². The third-order valence-corrected chi connectivity index (χ3v) is 8.29. The van der Waals surface area contributed by atoms with Crippen LogP contribution in [-0.4, -0.2) is 38.9 Å². The Morgan fingerprint density at radius 3 is 2.85 bits per heavy atom. The van der Waals surface area contributed by atoms with E-state index in [0.717, 1.165) is 52.9 Å². The van der Waals surface area contributed by atoms with E-state index in [1.807, 2.05) is 30.0 Å². The van der Waals surface area contributed by atoms with Crippen LogP contribution in [0.4, 0.5) is 0 Å². The summed E-state index contributed by atoms with van der Waals surface area (Å²) in [6.07, 6.45) is 4.70. The standard InChI is InChI=1S/C25H29N3O4S/c1-25(24(30)26-17-5-3-2-4-6-17)14-27-18-9-10-33-22(18)12-19(27)23(29)28(25)13-16-7-8-20-21(11-16)32-15-31-20/h7-12,17,23,29H,2-6,13-15H2,1H3,(H,26,30). The highest BCUT2D eigenvalue weighted by atomic mass is 32.1. The molecule has 1 fully saturated rings. The Labute approximate surface area is 196 Å². The van der Waals surface area contributed by atoms with Gasteiger partial charge >= 0.3 is 0 Å². The number of ether oxygens (including phenoxy) is 2. The van der Waals surface area contributed by atoms with Crippen molar-refractivity contribution >= 4 is 27.5 Å². The Balaban J connectivity index is 1.37. The molecule has 2 aromatic heterocycles. The zero-order chi connectivity index (χ0) is 22.6. The van der Waals surface area contributed by atoms with E-state index < -0.39 is 11.8 Å². The third-order valence-electron chi connectivity index (χ3n) is 7.43. The number of nitrogens with one attached hydrogen (secondary N) is 1. The summed E-state index contributed by atoms with van der Waals surface area (Å²) in [6, 6.07) is 10.2. The molecule has 1 amide bonds. The number of amides is 1. The van der Waals surface area contributed by atoms with Crippen molar-refractivity contribution in [2.45, 2.75) is 69.9 Å². The van der Waals surface area contributed by atoms with Gasteiger partial charge < -0.3 is 24.5 Å². The molecular formula is C25H29N3O4S. The van der Waals surface area contributed by atoms with Gasteiger partial charge in [0.1, 0.15) is 11.8 Å². The summed E-state index contributed by atoms with van der Waals surface area (Å²) in [6.45, 7) is 3.09. The quantitative estimate of drug-likeness (QED) is 0.603. The van der Waals surface area contributed by atoms with Crippen molar-refractivity contribution in [3.63, 3.8) is 0 Å². The van der Waals surface area contributed by atoms with Crippen LogP contribution in [0.2, 0.25) is 0 Å². The molecule has 174 valence electrons. The van der Waals surface area contributed by atoms with E-state index in [4.69, 9.17) is 9.47 Å². The Hall–Kier alpha value is -2.55. The summed E-state index contributed by atoms with van der Waals surface area (Å²) >= 11 is 1.66. The first-order chi connectivity index (χ1) is 16.0. The number of thiophene rings is 1. The molecule has 8 heteroatoms. The summed E-state index contributed by atoms with van der Waals surface area (Å²) in [5.41, 5.74) is 1.97. The van der Waals surface area contributed by atoms with Gasteiger partial charge in [0.25, 0.3) is 0 Å². The van der Waals surface area contributed by atoms with Gasteiger partial charge in [0.2, 0.25) is 12.7 Å². The Morgan fingerprint density at radius 1 is 1.18 bits per heavy atom. The smallest absolute Gasteiger partial charge is 0.242 e. The minimum atomic E-state index is -0.909. The lowest BCUT2D eigenvalue weighted by atomic mass is 9.90. The maximum absolute atomic E-state index is 13.8. The molecule has 0 radical (unpaired) electrons. The molecule has 7 nitrogen and oxygen atoms in total.